The molecule has 1 amide bonds. The van der Waals surface area contributed by atoms with Gasteiger partial charge in [0.05, 0.1) is 0 Å². The zero-order valence-corrected chi connectivity index (χ0v) is 10.7. The molecular formula is C12H14N2O3S. The summed E-state index contributed by atoms with van der Waals surface area (Å²) in [5.74, 6) is -0.391. The lowest BCUT2D eigenvalue weighted by molar-refractivity contribution is -0.131. The summed E-state index contributed by atoms with van der Waals surface area (Å²) in [4.78, 5) is 25.9. The van der Waals surface area contributed by atoms with Gasteiger partial charge in [0.2, 0.25) is 0 Å². The molecule has 0 aliphatic heterocycles. The van der Waals surface area contributed by atoms with E-state index in [2.05, 4.69) is 10.3 Å². The Hall–Kier alpha value is -1.82. The van der Waals surface area contributed by atoms with Gasteiger partial charge in [0.25, 0.3) is 5.91 Å². The summed E-state index contributed by atoms with van der Waals surface area (Å²) in [6, 6.07) is 3.21. The highest BCUT2D eigenvalue weighted by Gasteiger charge is 2.05. The fourth-order valence-electron chi connectivity index (χ4n) is 1.16. The van der Waals surface area contributed by atoms with Crippen LogP contribution in [0.25, 0.3) is 6.08 Å². The standard InChI is InChI=1S/C12H14N2O3S/c1-18-7-6-13-12(17)10-4-2-9(8-14-10)3-5-11(15)16/h2-5,8H,6-7H2,1H3,(H,13,17)(H,15,16). The van der Waals surface area contributed by atoms with Gasteiger partial charge in [-0.25, -0.2) is 4.79 Å². The number of aromatic nitrogens is 1. The first kappa shape index (κ1) is 14.2. The van der Waals surface area contributed by atoms with Crippen LogP contribution in [0.4, 0.5) is 0 Å². The van der Waals surface area contributed by atoms with Crippen LogP contribution in [0.2, 0.25) is 0 Å². The first-order valence-electron chi connectivity index (χ1n) is 5.27. The largest absolute Gasteiger partial charge is 0.478 e. The number of carboxylic acid groups (broad SMARTS) is 1. The fourth-order valence-corrected chi connectivity index (χ4v) is 1.47. The van der Waals surface area contributed by atoms with E-state index in [4.69, 9.17) is 5.11 Å². The van der Waals surface area contributed by atoms with Crippen LogP contribution in [0.5, 0.6) is 0 Å². The zero-order chi connectivity index (χ0) is 13.4. The molecule has 0 saturated carbocycles. The lowest BCUT2D eigenvalue weighted by Crippen LogP contribution is -2.26. The summed E-state index contributed by atoms with van der Waals surface area (Å²) < 4.78 is 0. The van der Waals surface area contributed by atoms with Gasteiger partial charge in [0.1, 0.15) is 5.69 Å². The number of carbonyl (C=O) groups is 2. The van der Waals surface area contributed by atoms with Crippen LogP contribution in [0, 0.1) is 0 Å². The number of carboxylic acids is 1. The number of nitrogens with zero attached hydrogens (tertiary/aromatic N) is 1. The predicted molar refractivity (Wildman–Crippen MR) is 71.6 cm³/mol. The van der Waals surface area contributed by atoms with Crippen molar-refractivity contribution in [2.45, 2.75) is 0 Å². The fraction of sp³-hybridized carbons (Fsp3) is 0.250. The van der Waals surface area contributed by atoms with E-state index in [1.165, 1.54) is 12.3 Å². The molecule has 0 aliphatic rings. The van der Waals surface area contributed by atoms with E-state index >= 15 is 0 Å². The highest BCUT2D eigenvalue weighted by atomic mass is 32.2. The molecule has 1 aromatic rings. The predicted octanol–water partition coefficient (Wildman–Crippen LogP) is 1.27. The van der Waals surface area contributed by atoms with Gasteiger partial charge in [-0.05, 0) is 24.0 Å². The van der Waals surface area contributed by atoms with Crippen molar-refractivity contribution in [3.05, 3.63) is 35.7 Å². The maximum atomic E-state index is 11.6. The van der Waals surface area contributed by atoms with Crippen LogP contribution >= 0.6 is 11.8 Å². The van der Waals surface area contributed by atoms with Gasteiger partial charge in [-0.1, -0.05) is 6.07 Å². The number of hydrogen-bond acceptors (Lipinski definition) is 4. The number of carbonyl (C=O) groups excluding carboxylic acids is 1. The van der Waals surface area contributed by atoms with Crippen LogP contribution < -0.4 is 5.32 Å². The van der Waals surface area contributed by atoms with E-state index < -0.39 is 5.97 Å². The Balaban J connectivity index is 2.59. The average Bonchev–Trinajstić information content (AvgIpc) is 2.37. The van der Waals surface area contributed by atoms with E-state index in [9.17, 15) is 9.59 Å². The topological polar surface area (TPSA) is 79.3 Å². The summed E-state index contributed by atoms with van der Waals surface area (Å²) >= 11 is 1.65. The molecule has 1 heterocycles. The number of nitrogens with one attached hydrogen (secondary N) is 1. The second-order valence-electron chi connectivity index (χ2n) is 3.40. The lowest BCUT2D eigenvalue weighted by atomic mass is 10.2. The van der Waals surface area contributed by atoms with Crippen molar-refractivity contribution >= 4 is 29.7 Å². The van der Waals surface area contributed by atoms with Crippen molar-refractivity contribution in [1.82, 2.24) is 10.3 Å². The molecule has 5 nitrogen and oxygen atoms in total. The highest BCUT2D eigenvalue weighted by Crippen LogP contribution is 2.02. The summed E-state index contributed by atoms with van der Waals surface area (Å²) in [7, 11) is 0. The summed E-state index contributed by atoms with van der Waals surface area (Å²) in [5, 5.41) is 11.2. The van der Waals surface area contributed by atoms with E-state index in [0.29, 0.717) is 17.8 Å². The molecule has 0 spiro atoms. The molecule has 1 rings (SSSR count). The Morgan fingerprint density at radius 3 is 2.83 bits per heavy atom. The van der Waals surface area contributed by atoms with Crippen LogP contribution in [-0.2, 0) is 4.79 Å². The van der Waals surface area contributed by atoms with Crippen molar-refractivity contribution in [2.75, 3.05) is 18.6 Å². The first-order valence-corrected chi connectivity index (χ1v) is 6.67. The van der Waals surface area contributed by atoms with Gasteiger partial charge in [0, 0.05) is 24.6 Å². The van der Waals surface area contributed by atoms with Gasteiger partial charge in [-0.3, -0.25) is 9.78 Å². The molecule has 6 heteroatoms. The van der Waals surface area contributed by atoms with E-state index in [1.807, 2.05) is 6.26 Å². The minimum atomic E-state index is -1.02. The lowest BCUT2D eigenvalue weighted by Gasteiger charge is -2.03. The molecule has 0 aliphatic carbocycles. The molecule has 0 radical (unpaired) electrons. The third-order valence-corrected chi connectivity index (χ3v) is 2.64. The molecule has 0 saturated heterocycles. The zero-order valence-electron chi connectivity index (χ0n) is 9.92. The van der Waals surface area contributed by atoms with E-state index in [1.54, 1.807) is 23.9 Å². The number of rotatable bonds is 6. The van der Waals surface area contributed by atoms with Crippen LogP contribution in [0.1, 0.15) is 16.1 Å². The first-order chi connectivity index (χ1) is 8.63. The summed E-state index contributed by atoms with van der Waals surface area (Å²) in [6.45, 7) is 0.600. The second kappa shape index (κ2) is 7.50. The molecule has 0 atom stereocenters. The monoisotopic (exact) mass is 266 g/mol. The normalized spacial score (nSPS) is 10.5. The number of pyridine rings is 1. The molecule has 1 aromatic heterocycles. The van der Waals surface area contributed by atoms with Crippen molar-refractivity contribution in [3.63, 3.8) is 0 Å². The summed E-state index contributed by atoms with van der Waals surface area (Å²) in [5.41, 5.74) is 0.960. The molecule has 0 fully saturated rings. The SMILES string of the molecule is CSCCNC(=O)c1ccc(C=CC(=O)O)cn1. The number of aliphatic carboxylic acids is 1. The van der Waals surface area contributed by atoms with Gasteiger partial charge < -0.3 is 10.4 Å². The molecule has 0 aromatic carbocycles. The second-order valence-corrected chi connectivity index (χ2v) is 4.38. The van der Waals surface area contributed by atoms with Gasteiger partial charge in [-0.2, -0.15) is 11.8 Å². The van der Waals surface area contributed by atoms with Crippen molar-refractivity contribution in [1.29, 1.82) is 0 Å². The number of hydrogen-bond donors (Lipinski definition) is 2. The minimum Gasteiger partial charge on any atom is -0.478 e. The number of amides is 1. The van der Waals surface area contributed by atoms with Crippen molar-refractivity contribution < 1.29 is 14.7 Å². The molecular weight excluding hydrogens is 252 g/mol. The van der Waals surface area contributed by atoms with E-state index in [-0.39, 0.29) is 5.91 Å². The smallest absolute Gasteiger partial charge is 0.328 e. The maximum absolute atomic E-state index is 11.6. The van der Waals surface area contributed by atoms with Crippen LogP contribution in [0.15, 0.2) is 24.4 Å². The van der Waals surface area contributed by atoms with Gasteiger partial charge >= 0.3 is 5.97 Å². The third kappa shape index (κ3) is 5.01. The minimum absolute atomic E-state index is 0.224. The van der Waals surface area contributed by atoms with Crippen LogP contribution in [0.3, 0.4) is 0 Å². The molecule has 0 bridgehead atoms. The average molecular weight is 266 g/mol. The molecule has 18 heavy (non-hydrogen) atoms. The third-order valence-electron chi connectivity index (χ3n) is 2.03. The quantitative estimate of drug-likeness (QED) is 0.599. The molecule has 0 unspecified atom stereocenters. The Morgan fingerprint density at radius 1 is 1.50 bits per heavy atom. The Labute approximate surface area is 109 Å². The van der Waals surface area contributed by atoms with E-state index in [0.717, 1.165) is 11.8 Å². The Morgan fingerprint density at radius 2 is 2.28 bits per heavy atom. The van der Waals surface area contributed by atoms with Gasteiger partial charge in [0.15, 0.2) is 0 Å². The maximum Gasteiger partial charge on any atom is 0.328 e. The Bertz CT molecular complexity index is 443. The van der Waals surface area contributed by atoms with Crippen molar-refractivity contribution in [2.24, 2.45) is 0 Å². The summed E-state index contributed by atoms with van der Waals surface area (Å²) in [6.07, 6.45) is 5.87. The number of thioether (sulfide) groups is 1. The Kier molecular flexibility index (Phi) is 5.93. The molecule has 2 N–H and O–H groups in total. The van der Waals surface area contributed by atoms with Crippen LogP contribution in [-0.4, -0.2) is 40.5 Å². The van der Waals surface area contributed by atoms with Gasteiger partial charge in [-0.15, -0.1) is 0 Å². The van der Waals surface area contributed by atoms with Crippen molar-refractivity contribution in [3.8, 4) is 0 Å². The highest BCUT2D eigenvalue weighted by molar-refractivity contribution is 7.98. The molecule has 96 valence electrons.